The summed E-state index contributed by atoms with van der Waals surface area (Å²) in [5.74, 6) is -1.10. The van der Waals surface area contributed by atoms with Gasteiger partial charge in [-0.05, 0) is 58.2 Å². The lowest BCUT2D eigenvalue weighted by Gasteiger charge is -2.14. The van der Waals surface area contributed by atoms with E-state index >= 15 is 0 Å². The van der Waals surface area contributed by atoms with E-state index in [4.69, 9.17) is 0 Å². The molecule has 0 unspecified atom stereocenters. The molecule has 2 rings (SSSR count). The van der Waals surface area contributed by atoms with Crippen LogP contribution in [0.1, 0.15) is 15.9 Å². The Morgan fingerprint density at radius 3 is 2.48 bits per heavy atom. The molecule has 0 atom stereocenters. The largest absolute Gasteiger partial charge is 0.375 e. The number of nitrogens with zero attached hydrogens (tertiary/aromatic N) is 1. The minimum absolute atomic E-state index is 0.272. The average molecular weight is 383 g/mol. The normalized spacial score (nSPS) is 10.5. The zero-order valence-corrected chi connectivity index (χ0v) is 14.5. The lowest BCUT2D eigenvalue weighted by Crippen LogP contribution is -2.26. The SMILES string of the molecule is CN(C)c1ccc(C(=O)NCCc2ccc(F)c(Br)c2)cc1F. The maximum atomic E-state index is 13.9. The summed E-state index contributed by atoms with van der Waals surface area (Å²) < 4.78 is 27.4. The predicted molar refractivity (Wildman–Crippen MR) is 90.9 cm³/mol. The predicted octanol–water partition coefficient (Wildman–Crippen LogP) is 3.77. The third-order valence-electron chi connectivity index (χ3n) is 3.37. The van der Waals surface area contributed by atoms with Crippen LogP contribution in [0.3, 0.4) is 0 Å². The second-order valence-electron chi connectivity index (χ2n) is 5.31. The molecule has 0 aliphatic carbocycles. The molecule has 0 fully saturated rings. The van der Waals surface area contributed by atoms with Gasteiger partial charge in [0.25, 0.3) is 5.91 Å². The van der Waals surface area contributed by atoms with E-state index in [2.05, 4.69) is 21.2 Å². The van der Waals surface area contributed by atoms with Gasteiger partial charge in [0.2, 0.25) is 0 Å². The van der Waals surface area contributed by atoms with Crippen molar-refractivity contribution in [3.05, 3.63) is 63.6 Å². The highest BCUT2D eigenvalue weighted by molar-refractivity contribution is 9.10. The molecule has 0 aliphatic heterocycles. The van der Waals surface area contributed by atoms with Gasteiger partial charge in [0, 0.05) is 26.2 Å². The molecule has 1 amide bonds. The number of benzene rings is 2. The summed E-state index contributed by atoms with van der Waals surface area (Å²) in [4.78, 5) is 13.7. The first-order chi connectivity index (χ1) is 10.9. The Morgan fingerprint density at radius 1 is 1.13 bits per heavy atom. The van der Waals surface area contributed by atoms with Crippen LogP contribution in [0.2, 0.25) is 0 Å². The van der Waals surface area contributed by atoms with Gasteiger partial charge in [0.1, 0.15) is 11.6 Å². The van der Waals surface area contributed by atoms with Gasteiger partial charge in [0.15, 0.2) is 0 Å². The summed E-state index contributed by atoms with van der Waals surface area (Å²) in [5, 5.41) is 2.73. The zero-order chi connectivity index (χ0) is 17.0. The summed E-state index contributed by atoms with van der Waals surface area (Å²) in [6, 6.07) is 9.09. The van der Waals surface area contributed by atoms with E-state index in [0.29, 0.717) is 23.1 Å². The molecule has 3 nitrogen and oxygen atoms in total. The Morgan fingerprint density at radius 2 is 1.87 bits per heavy atom. The molecule has 23 heavy (non-hydrogen) atoms. The average Bonchev–Trinajstić information content (AvgIpc) is 2.50. The second-order valence-corrected chi connectivity index (χ2v) is 6.17. The highest BCUT2D eigenvalue weighted by Gasteiger charge is 2.10. The monoisotopic (exact) mass is 382 g/mol. The Labute approximate surface area is 142 Å². The van der Waals surface area contributed by atoms with E-state index in [1.807, 2.05) is 0 Å². The zero-order valence-electron chi connectivity index (χ0n) is 12.9. The smallest absolute Gasteiger partial charge is 0.251 e. The number of carbonyl (C=O) groups is 1. The third-order valence-corrected chi connectivity index (χ3v) is 3.98. The topological polar surface area (TPSA) is 32.3 Å². The van der Waals surface area contributed by atoms with Gasteiger partial charge in [-0.3, -0.25) is 4.79 Å². The van der Waals surface area contributed by atoms with Crippen molar-refractivity contribution in [2.75, 3.05) is 25.5 Å². The first-order valence-corrected chi connectivity index (χ1v) is 7.87. The maximum Gasteiger partial charge on any atom is 0.251 e. The van der Waals surface area contributed by atoms with E-state index in [9.17, 15) is 13.6 Å². The molecule has 0 saturated heterocycles. The summed E-state index contributed by atoms with van der Waals surface area (Å²) in [6.07, 6.45) is 0.558. The molecule has 2 aromatic rings. The number of nitrogens with one attached hydrogen (secondary N) is 1. The molecule has 0 bridgehead atoms. The van der Waals surface area contributed by atoms with Crippen LogP contribution in [-0.2, 0) is 6.42 Å². The summed E-state index contributed by atoms with van der Waals surface area (Å²) in [6.45, 7) is 0.383. The lowest BCUT2D eigenvalue weighted by atomic mass is 10.1. The summed E-state index contributed by atoms with van der Waals surface area (Å²) in [5.41, 5.74) is 1.60. The Balaban J connectivity index is 1.94. The molecule has 0 saturated carbocycles. The summed E-state index contributed by atoms with van der Waals surface area (Å²) >= 11 is 3.12. The number of amides is 1. The first kappa shape index (κ1) is 17.4. The number of rotatable bonds is 5. The minimum atomic E-state index is -0.440. The van der Waals surface area contributed by atoms with E-state index in [0.717, 1.165) is 5.56 Å². The van der Waals surface area contributed by atoms with Gasteiger partial charge < -0.3 is 10.2 Å². The number of carbonyl (C=O) groups excluding carboxylic acids is 1. The number of hydrogen-bond donors (Lipinski definition) is 1. The molecular weight excluding hydrogens is 366 g/mol. The molecule has 122 valence electrons. The molecule has 0 heterocycles. The van der Waals surface area contributed by atoms with Crippen molar-refractivity contribution in [1.82, 2.24) is 5.32 Å². The fourth-order valence-electron chi connectivity index (χ4n) is 2.13. The third kappa shape index (κ3) is 4.51. The van der Waals surface area contributed by atoms with Crippen molar-refractivity contribution >= 4 is 27.5 Å². The minimum Gasteiger partial charge on any atom is -0.375 e. The molecule has 1 N–H and O–H groups in total. The number of hydrogen-bond acceptors (Lipinski definition) is 2. The quantitative estimate of drug-likeness (QED) is 0.853. The maximum absolute atomic E-state index is 13.9. The van der Waals surface area contributed by atoms with Crippen LogP contribution >= 0.6 is 15.9 Å². The van der Waals surface area contributed by atoms with Crippen molar-refractivity contribution < 1.29 is 13.6 Å². The first-order valence-electron chi connectivity index (χ1n) is 7.07. The number of anilines is 1. The molecule has 0 radical (unpaired) electrons. The van der Waals surface area contributed by atoms with Gasteiger partial charge in [-0.25, -0.2) is 8.78 Å². The molecule has 0 aliphatic rings. The van der Waals surface area contributed by atoms with Crippen LogP contribution < -0.4 is 10.2 Å². The van der Waals surface area contributed by atoms with E-state index in [-0.39, 0.29) is 17.3 Å². The summed E-state index contributed by atoms with van der Waals surface area (Å²) in [7, 11) is 3.47. The Bertz CT molecular complexity index is 720. The van der Waals surface area contributed by atoms with Crippen LogP contribution in [0, 0.1) is 11.6 Å². The van der Waals surface area contributed by atoms with Crippen molar-refractivity contribution in [3.8, 4) is 0 Å². The van der Waals surface area contributed by atoms with Crippen LogP contribution in [-0.4, -0.2) is 26.5 Å². The standard InChI is InChI=1S/C17H17BrF2N2O/c1-22(2)16-6-4-12(10-15(16)20)17(23)21-8-7-11-3-5-14(19)13(18)9-11/h3-6,9-10H,7-8H2,1-2H3,(H,21,23). The fourth-order valence-corrected chi connectivity index (χ4v) is 2.55. The van der Waals surface area contributed by atoms with E-state index in [1.54, 1.807) is 43.3 Å². The van der Waals surface area contributed by atoms with Crippen LogP contribution in [0.15, 0.2) is 40.9 Å². The van der Waals surface area contributed by atoms with Crippen molar-refractivity contribution in [3.63, 3.8) is 0 Å². The van der Waals surface area contributed by atoms with Crippen molar-refractivity contribution in [1.29, 1.82) is 0 Å². The van der Waals surface area contributed by atoms with Crippen LogP contribution in [0.4, 0.5) is 14.5 Å². The number of halogens is 3. The Hall–Kier alpha value is -1.95. The second kappa shape index (κ2) is 7.55. The fraction of sp³-hybridized carbons (Fsp3) is 0.235. The van der Waals surface area contributed by atoms with Gasteiger partial charge in [-0.2, -0.15) is 0 Å². The van der Waals surface area contributed by atoms with Gasteiger partial charge in [-0.15, -0.1) is 0 Å². The van der Waals surface area contributed by atoms with Crippen LogP contribution in [0.5, 0.6) is 0 Å². The highest BCUT2D eigenvalue weighted by Crippen LogP contribution is 2.19. The Kier molecular flexibility index (Phi) is 5.71. The molecule has 2 aromatic carbocycles. The molecular formula is C17H17BrF2N2O. The molecule has 6 heteroatoms. The van der Waals surface area contributed by atoms with Crippen molar-refractivity contribution in [2.24, 2.45) is 0 Å². The lowest BCUT2D eigenvalue weighted by molar-refractivity contribution is 0.0953. The van der Waals surface area contributed by atoms with Gasteiger partial charge in [0.05, 0.1) is 10.2 Å². The van der Waals surface area contributed by atoms with Gasteiger partial charge >= 0.3 is 0 Å². The van der Waals surface area contributed by atoms with Gasteiger partial charge in [-0.1, -0.05) is 6.07 Å². The van der Waals surface area contributed by atoms with Crippen LogP contribution in [0.25, 0.3) is 0 Å². The highest BCUT2D eigenvalue weighted by atomic mass is 79.9. The van der Waals surface area contributed by atoms with Crippen molar-refractivity contribution in [2.45, 2.75) is 6.42 Å². The van der Waals surface area contributed by atoms with E-state index in [1.165, 1.54) is 12.1 Å². The van der Waals surface area contributed by atoms with E-state index < -0.39 is 5.82 Å². The molecule has 0 spiro atoms. The molecule has 0 aromatic heterocycles.